The molecule has 0 aromatic carbocycles. The zero-order valence-corrected chi connectivity index (χ0v) is 9.07. The minimum Gasteiger partial charge on any atom is -0.484 e. The van der Waals surface area contributed by atoms with Gasteiger partial charge in [0.1, 0.15) is 0 Å². The average Bonchev–Trinajstić information content (AvgIpc) is 2.67. The van der Waals surface area contributed by atoms with Crippen molar-refractivity contribution in [2.24, 2.45) is 0 Å². The molecule has 0 heterocycles. The average molecular weight is 202 g/mol. The number of hydrogen-bond acceptors (Lipinski definition) is 4. The fourth-order valence-electron chi connectivity index (χ4n) is 1.04. The van der Waals surface area contributed by atoms with Crippen molar-refractivity contribution in [2.75, 3.05) is 21.3 Å². The van der Waals surface area contributed by atoms with E-state index in [2.05, 4.69) is 0 Å². The molecule has 1 aliphatic rings. The third kappa shape index (κ3) is 2.41. The molecule has 1 rings (SSSR count). The van der Waals surface area contributed by atoms with Gasteiger partial charge in [-0.15, -0.1) is 0 Å². The lowest BCUT2D eigenvalue weighted by Gasteiger charge is -2.23. The van der Waals surface area contributed by atoms with Crippen molar-refractivity contribution in [1.29, 1.82) is 0 Å². The molecule has 0 aliphatic heterocycles. The third-order valence-corrected chi connectivity index (χ3v) is 3.76. The maximum absolute atomic E-state index is 5.52. The Morgan fingerprint density at radius 1 is 1.15 bits per heavy atom. The van der Waals surface area contributed by atoms with E-state index in [0.717, 1.165) is 12.2 Å². The van der Waals surface area contributed by atoms with Crippen LogP contribution in [0.25, 0.3) is 0 Å². The van der Waals surface area contributed by atoms with Crippen molar-refractivity contribution >= 4 is 9.05 Å². The van der Waals surface area contributed by atoms with Gasteiger partial charge in [-0.1, -0.05) is 12.2 Å². The van der Waals surface area contributed by atoms with Crippen LogP contribution >= 0.6 is 0 Å². The molecule has 13 heavy (non-hydrogen) atoms. The molecule has 4 nitrogen and oxygen atoms in total. The molecule has 0 aromatic rings. The van der Waals surface area contributed by atoms with E-state index in [1.54, 1.807) is 0 Å². The summed E-state index contributed by atoms with van der Waals surface area (Å²) < 4.78 is 20.8. The molecule has 0 spiro atoms. The number of rotatable bonds is 5. The van der Waals surface area contributed by atoms with E-state index in [1.807, 2.05) is 18.2 Å². The topological polar surface area (TPSA) is 36.9 Å². The first kappa shape index (κ1) is 10.5. The van der Waals surface area contributed by atoms with E-state index in [9.17, 15) is 0 Å². The molecule has 0 radical (unpaired) electrons. The molecule has 0 fully saturated rings. The fraction of sp³-hybridized carbons (Fsp3) is 0.500. The van der Waals surface area contributed by atoms with Crippen LogP contribution in [0, 0.1) is 0 Å². The van der Waals surface area contributed by atoms with Crippen LogP contribution in [0.3, 0.4) is 0 Å². The summed E-state index contributed by atoms with van der Waals surface area (Å²) in [7, 11) is 1.66. The van der Waals surface area contributed by atoms with Crippen molar-refractivity contribution in [3.63, 3.8) is 0 Å². The summed E-state index contributed by atoms with van der Waals surface area (Å²) >= 11 is 0. The minimum atomic E-state index is -2.89. The van der Waals surface area contributed by atoms with Crippen molar-refractivity contribution in [3.8, 4) is 0 Å². The molecule has 0 atom stereocenters. The van der Waals surface area contributed by atoms with Gasteiger partial charge < -0.3 is 17.7 Å². The van der Waals surface area contributed by atoms with Crippen molar-refractivity contribution < 1.29 is 17.7 Å². The number of hydrogen-bond donors (Lipinski definition) is 0. The fourth-order valence-corrected chi connectivity index (χ4v) is 2.26. The van der Waals surface area contributed by atoms with Gasteiger partial charge in [-0.2, -0.15) is 0 Å². The lowest BCUT2D eigenvalue weighted by Crippen LogP contribution is -2.46. The highest BCUT2D eigenvalue weighted by Crippen LogP contribution is 2.19. The van der Waals surface area contributed by atoms with E-state index in [0.29, 0.717) is 0 Å². The molecule has 5 heteroatoms. The quantitative estimate of drug-likeness (QED) is 0.628. The van der Waals surface area contributed by atoms with E-state index in [-0.39, 0.29) is 0 Å². The highest BCUT2D eigenvalue weighted by atomic mass is 28.4. The normalized spacial score (nSPS) is 16.1. The zero-order valence-electron chi connectivity index (χ0n) is 8.07. The van der Waals surface area contributed by atoms with E-state index >= 15 is 0 Å². The van der Waals surface area contributed by atoms with Crippen molar-refractivity contribution in [1.82, 2.24) is 0 Å². The second kappa shape index (κ2) is 4.57. The predicted octanol–water partition coefficient (Wildman–Crippen LogP) is 1.22. The Morgan fingerprint density at radius 2 is 1.77 bits per heavy atom. The van der Waals surface area contributed by atoms with Crippen LogP contribution in [0.15, 0.2) is 24.0 Å². The summed E-state index contributed by atoms with van der Waals surface area (Å²) in [5, 5.41) is 0. The summed E-state index contributed by atoms with van der Waals surface area (Å²) in [6, 6.07) is 0. The molecule has 0 unspecified atom stereocenters. The van der Waals surface area contributed by atoms with Crippen molar-refractivity contribution in [3.05, 3.63) is 24.0 Å². The van der Waals surface area contributed by atoms with Gasteiger partial charge in [0, 0.05) is 27.8 Å². The maximum Gasteiger partial charge on any atom is 0.748 e. The van der Waals surface area contributed by atoms with Gasteiger partial charge in [-0.3, -0.25) is 0 Å². The molecular formula is C8H14O4Si. The predicted molar refractivity (Wildman–Crippen MR) is 49.7 cm³/mol. The summed E-state index contributed by atoms with van der Waals surface area (Å²) in [4.78, 5) is 0. The monoisotopic (exact) mass is 202 g/mol. The molecule has 0 amide bonds. The SMILES string of the molecule is CO[Si](OC)(OC)OC1=CC=CC1. The van der Waals surface area contributed by atoms with Gasteiger partial charge in [0.2, 0.25) is 0 Å². The van der Waals surface area contributed by atoms with E-state index in [1.165, 1.54) is 21.3 Å². The molecule has 1 aliphatic carbocycles. The number of allylic oxidation sites excluding steroid dienone is 3. The molecule has 0 bridgehead atoms. The van der Waals surface area contributed by atoms with Gasteiger partial charge >= 0.3 is 9.05 Å². The van der Waals surface area contributed by atoms with E-state index < -0.39 is 9.05 Å². The van der Waals surface area contributed by atoms with Crippen molar-refractivity contribution in [2.45, 2.75) is 6.42 Å². The van der Waals surface area contributed by atoms with Gasteiger partial charge in [-0.25, -0.2) is 0 Å². The van der Waals surface area contributed by atoms with Gasteiger partial charge in [0.15, 0.2) is 0 Å². The first-order valence-electron chi connectivity index (χ1n) is 3.96. The van der Waals surface area contributed by atoms with Gasteiger partial charge in [0.05, 0.1) is 5.76 Å². The van der Waals surface area contributed by atoms with Crippen LogP contribution in [-0.4, -0.2) is 30.4 Å². The first-order valence-corrected chi connectivity index (χ1v) is 5.60. The summed E-state index contributed by atoms with van der Waals surface area (Å²) in [5.74, 6) is 0.817. The molecule has 0 N–H and O–H groups in total. The van der Waals surface area contributed by atoms with E-state index in [4.69, 9.17) is 17.7 Å². The zero-order chi connectivity index (χ0) is 9.73. The first-order chi connectivity index (χ1) is 6.26. The summed E-state index contributed by atoms with van der Waals surface area (Å²) in [6.45, 7) is 0. The largest absolute Gasteiger partial charge is 0.748 e. The lowest BCUT2D eigenvalue weighted by molar-refractivity contribution is 0.0266. The van der Waals surface area contributed by atoms with Crippen LogP contribution in [-0.2, 0) is 17.7 Å². The maximum atomic E-state index is 5.52. The van der Waals surface area contributed by atoms with Crippen LogP contribution in [0.2, 0.25) is 0 Å². The molecule has 0 saturated heterocycles. The third-order valence-electron chi connectivity index (χ3n) is 1.74. The Balaban J connectivity index is 2.56. The highest BCUT2D eigenvalue weighted by Gasteiger charge is 2.45. The molecular weight excluding hydrogens is 188 g/mol. The Morgan fingerprint density at radius 3 is 2.15 bits per heavy atom. The standard InChI is InChI=1S/C8H14O4Si/c1-9-13(10-2,11-3)12-8-6-4-5-7-8/h4-6H,7H2,1-3H3. The lowest BCUT2D eigenvalue weighted by atomic mass is 10.4. The van der Waals surface area contributed by atoms with Gasteiger partial charge in [0.25, 0.3) is 0 Å². The molecule has 74 valence electrons. The molecule has 0 saturated carbocycles. The van der Waals surface area contributed by atoms with Gasteiger partial charge in [-0.05, 0) is 6.08 Å². The second-order valence-corrected chi connectivity index (χ2v) is 4.91. The molecule has 0 aromatic heterocycles. The highest BCUT2D eigenvalue weighted by molar-refractivity contribution is 6.53. The summed E-state index contributed by atoms with van der Waals surface area (Å²) in [6.07, 6.45) is 6.56. The Bertz CT molecular complexity index is 212. The Labute approximate surface area is 79.2 Å². The summed E-state index contributed by atoms with van der Waals surface area (Å²) in [5.41, 5.74) is 0. The Hall–Kier alpha value is -0.623. The Kier molecular flexibility index (Phi) is 3.67. The van der Waals surface area contributed by atoms with Crippen LogP contribution in [0.5, 0.6) is 0 Å². The van der Waals surface area contributed by atoms with Crippen LogP contribution < -0.4 is 0 Å². The van der Waals surface area contributed by atoms with Crippen LogP contribution in [0.1, 0.15) is 6.42 Å². The minimum absolute atomic E-state index is 0.769. The van der Waals surface area contributed by atoms with Crippen LogP contribution in [0.4, 0.5) is 0 Å². The smallest absolute Gasteiger partial charge is 0.484 e. The second-order valence-electron chi connectivity index (χ2n) is 2.48.